The summed E-state index contributed by atoms with van der Waals surface area (Å²) in [6.45, 7) is 11.1. The molecule has 0 atom stereocenters. The minimum Gasteiger partial charge on any atom is -0.399 e. The number of carbonyl (C=O) groups excluding carboxylic acids is 1. The highest BCUT2D eigenvalue weighted by atomic mass is 16.7. The van der Waals surface area contributed by atoms with Crippen LogP contribution in [-0.4, -0.2) is 43.2 Å². The van der Waals surface area contributed by atoms with E-state index in [9.17, 15) is 4.79 Å². The SMILES string of the molecule is CC1(C)OB(c2ccc(C=O)nc2)OC1(C)C.CCNC. The van der Waals surface area contributed by atoms with Gasteiger partial charge in [0.25, 0.3) is 0 Å². The number of hydrogen-bond acceptors (Lipinski definition) is 5. The molecule has 6 heteroatoms. The Labute approximate surface area is 127 Å². The van der Waals surface area contributed by atoms with Gasteiger partial charge in [0.1, 0.15) is 5.69 Å². The van der Waals surface area contributed by atoms with Crippen molar-refractivity contribution >= 4 is 18.9 Å². The second-order valence-electron chi connectivity index (χ2n) is 5.93. The molecular weight excluding hydrogens is 267 g/mol. The summed E-state index contributed by atoms with van der Waals surface area (Å²) in [6.07, 6.45) is 2.33. The van der Waals surface area contributed by atoms with E-state index in [0.717, 1.165) is 12.0 Å². The molecular formula is C15H25BN2O3. The zero-order chi connectivity index (χ0) is 16.1. The van der Waals surface area contributed by atoms with Crippen LogP contribution in [-0.2, 0) is 9.31 Å². The number of carbonyl (C=O) groups is 1. The maximum Gasteiger partial charge on any atom is 0.496 e. The second kappa shape index (κ2) is 7.16. The molecule has 2 rings (SSSR count). The normalized spacial score (nSPS) is 18.9. The van der Waals surface area contributed by atoms with Crippen molar-refractivity contribution in [2.45, 2.75) is 45.8 Å². The van der Waals surface area contributed by atoms with Gasteiger partial charge in [0.2, 0.25) is 0 Å². The summed E-state index contributed by atoms with van der Waals surface area (Å²) in [6, 6.07) is 3.46. The van der Waals surface area contributed by atoms with E-state index >= 15 is 0 Å². The largest absolute Gasteiger partial charge is 0.496 e. The van der Waals surface area contributed by atoms with Gasteiger partial charge in [-0.15, -0.1) is 0 Å². The summed E-state index contributed by atoms with van der Waals surface area (Å²) in [5, 5.41) is 2.93. The summed E-state index contributed by atoms with van der Waals surface area (Å²) in [5.41, 5.74) is 0.515. The number of rotatable bonds is 3. The molecule has 116 valence electrons. The molecule has 5 nitrogen and oxygen atoms in total. The maximum absolute atomic E-state index is 10.5. The third kappa shape index (κ3) is 4.36. The van der Waals surface area contributed by atoms with Gasteiger partial charge in [0.15, 0.2) is 6.29 Å². The topological polar surface area (TPSA) is 60.5 Å². The van der Waals surface area contributed by atoms with Gasteiger partial charge in [-0.1, -0.05) is 13.0 Å². The smallest absolute Gasteiger partial charge is 0.399 e. The van der Waals surface area contributed by atoms with Crippen LogP contribution in [0.2, 0.25) is 0 Å². The maximum atomic E-state index is 10.5. The van der Waals surface area contributed by atoms with Crippen LogP contribution >= 0.6 is 0 Å². The third-order valence-corrected chi connectivity index (χ3v) is 3.81. The molecule has 1 saturated heterocycles. The van der Waals surface area contributed by atoms with Gasteiger partial charge in [-0.05, 0) is 47.4 Å². The van der Waals surface area contributed by atoms with Gasteiger partial charge in [0.05, 0.1) is 11.2 Å². The van der Waals surface area contributed by atoms with Crippen LogP contribution in [0.5, 0.6) is 0 Å². The number of aromatic nitrogens is 1. The lowest BCUT2D eigenvalue weighted by Crippen LogP contribution is -2.41. The van der Waals surface area contributed by atoms with Gasteiger partial charge < -0.3 is 14.6 Å². The Morgan fingerprint density at radius 1 is 1.24 bits per heavy atom. The first-order valence-corrected chi connectivity index (χ1v) is 7.18. The fourth-order valence-corrected chi connectivity index (χ4v) is 1.61. The fraction of sp³-hybridized carbons (Fsp3) is 0.600. The molecule has 0 bridgehead atoms. The van der Waals surface area contributed by atoms with Crippen LogP contribution in [0.15, 0.2) is 18.3 Å². The number of nitrogens with zero attached hydrogens (tertiary/aromatic N) is 1. The van der Waals surface area contributed by atoms with Crippen molar-refractivity contribution in [1.29, 1.82) is 0 Å². The zero-order valence-electron chi connectivity index (χ0n) is 13.8. The molecule has 0 saturated carbocycles. The van der Waals surface area contributed by atoms with E-state index in [4.69, 9.17) is 9.31 Å². The summed E-state index contributed by atoms with van der Waals surface area (Å²) < 4.78 is 11.7. The van der Waals surface area contributed by atoms with Gasteiger partial charge in [-0.3, -0.25) is 9.78 Å². The van der Waals surface area contributed by atoms with E-state index in [0.29, 0.717) is 12.0 Å². The Bertz CT molecular complexity index is 442. The number of nitrogens with one attached hydrogen (secondary N) is 1. The fourth-order valence-electron chi connectivity index (χ4n) is 1.61. The van der Waals surface area contributed by atoms with E-state index in [1.165, 1.54) is 0 Å². The highest BCUT2D eigenvalue weighted by Crippen LogP contribution is 2.36. The lowest BCUT2D eigenvalue weighted by Gasteiger charge is -2.32. The molecule has 0 amide bonds. The third-order valence-electron chi connectivity index (χ3n) is 3.81. The highest BCUT2D eigenvalue weighted by molar-refractivity contribution is 6.62. The van der Waals surface area contributed by atoms with Crippen molar-refractivity contribution in [2.75, 3.05) is 13.6 Å². The van der Waals surface area contributed by atoms with Gasteiger partial charge >= 0.3 is 7.12 Å². The lowest BCUT2D eigenvalue weighted by atomic mass is 9.80. The van der Waals surface area contributed by atoms with Crippen LogP contribution in [0.4, 0.5) is 0 Å². The van der Waals surface area contributed by atoms with Crippen LogP contribution in [0.1, 0.15) is 45.1 Å². The molecule has 1 aromatic heterocycles. The molecule has 21 heavy (non-hydrogen) atoms. The van der Waals surface area contributed by atoms with Gasteiger partial charge in [-0.25, -0.2) is 0 Å². The van der Waals surface area contributed by atoms with E-state index < -0.39 is 7.12 Å². The van der Waals surface area contributed by atoms with Crippen LogP contribution in [0.25, 0.3) is 0 Å². The van der Waals surface area contributed by atoms with Crippen molar-refractivity contribution in [1.82, 2.24) is 10.3 Å². The summed E-state index contributed by atoms with van der Waals surface area (Å²) in [5.74, 6) is 0. The Balaban J connectivity index is 0.000000491. The van der Waals surface area contributed by atoms with Crippen LogP contribution in [0, 0.1) is 0 Å². The Kier molecular flexibility index (Phi) is 6.07. The average Bonchev–Trinajstić information content (AvgIpc) is 2.68. The van der Waals surface area contributed by atoms with Crippen LogP contribution < -0.4 is 10.8 Å². The summed E-state index contributed by atoms with van der Waals surface area (Å²) >= 11 is 0. The molecule has 0 radical (unpaired) electrons. The molecule has 0 aliphatic carbocycles. The molecule has 1 fully saturated rings. The van der Waals surface area contributed by atoms with E-state index in [2.05, 4.69) is 17.2 Å². The molecule has 1 aromatic rings. The first-order chi connectivity index (χ1) is 9.77. The Morgan fingerprint density at radius 2 is 1.76 bits per heavy atom. The Morgan fingerprint density at radius 3 is 2.10 bits per heavy atom. The zero-order valence-corrected chi connectivity index (χ0v) is 13.8. The minimum atomic E-state index is -0.423. The first kappa shape index (κ1) is 17.8. The molecule has 0 spiro atoms. The lowest BCUT2D eigenvalue weighted by molar-refractivity contribution is 0.00578. The summed E-state index contributed by atoms with van der Waals surface area (Å²) in [4.78, 5) is 14.5. The van der Waals surface area contributed by atoms with Crippen molar-refractivity contribution in [2.24, 2.45) is 0 Å². The van der Waals surface area contributed by atoms with Crippen LogP contribution in [0.3, 0.4) is 0 Å². The van der Waals surface area contributed by atoms with Crippen molar-refractivity contribution in [3.8, 4) is 0 Å². The quantitative estimate of drug-likeness (QED) is 0.674. The van der Waals surface area contributed by atoms with Crippen molar-refractivity contribution in [3.05, 3.63) is 24.0 Å². The molecule has 1 aliphatic rings. The molecule has 1 aliphatic heterocycles. The van der Waals surface area contributed by atoms with Gasteiger partial charge in [0, 0.05) is 11.7 Å². The average molecular weight is 292 g/mol. The monoisotopic (exact) mass is 292 g/mol. The van der Waals surface area contributed by atoms with E-state index in [1.807, 2.05) is 34.7 Å². The Hall–Kier alpha value is -1.24. The highest BCUT2D eigenvalue weighted by Gasteiger charge is 2.51. The number of pyridine rings is 1. The van der Waals surface area contributed by atoms with Gasteiger partial charge in [-0.2, -0.15) is 0 Å². The molecule has 1 N–H and O–H groups in total. The molecule has 2 heterocycles. The minimum absolute atomic E-state index is 0.360. The van der Waals surface area contributed by atoms with Crippen molar-refractivity contribution < 1.29 is 14.1 Å². The predicted molar refractivity (Wildman–Crippen MR) is 84.9 cm³/mol. The predicted octanol–water partition coefficient (Wildman–Crippen LogP) is 1.42. The first-order valence-electron chi connectivity index (χ1n) is 7.18. The van der Waals surface area contributed by atoms with E-state index in [-0.39, 0.29) is 11.2 Å². The molecule has 0 unspecified atom stereocenters. The standard InChI is InChI=1S/C12H16BNO3.C3H9N/c1-11(2)12(3,4)17-13(16-11)9-5-6-10(8-15)14-7-9;1-3-4-2/h5-8H,1-4H3;4H,3H2,1-2H3. The molecule has 0 aromatic carbocycles. The summed E-state index contributed by atoms with van der Waals surface area (Å²) in [7, 11) is 1.51. The van der Waals surface area contributed by atoms with E-state index in [1.54, 1.807) is 18.3 Å². The number of aldehydes is 1. The van der Waals surface area contributed by atoms with Crippen molar-refractivity contribution in [3.63, 3.8) is 0 Å². The number of hydrogen-bond donors (Lipinski definition) is 1. The second-order valence-corrected chi connectivity index (χ2v) is 5.93.